The third-order valence-electron chi connectivity index (χ3n) is 3.07. The van der Waals surface area contributed by atoms with Gasteiger partial charge in [-0.15, -0.1) is 0 Å². The minimum absolute atomic E-state index is 0.0633. The van der Waals surface area contributed by atoms with Crippen LogP contribution in [0.1, 0.15) is 0 Å². The number of nitrogens with zero attached hydrogens (tertiary/aromatic N) is 2. The molecule has 92 valence electrons. The monoisotopic (exact) mass is 242 g/mol. The first-order valence-electron chi connectivity index (χ1n) is 5.95. The van der Waals surface area contributed by atoms with E-state index >= 15 is 0 Å². The second kappa shape index (κ2) is 4.62. The maximum atomic E-state index is 11.9. The molecule has 18 heavy (non-hydrogen) atoms. The van der Waals surface area contributed by atoms with Gasteiger partial charge in [-0.2, -0.15) is 5.10 Å². The third kappa shape index (κ3) is 2.00. The van der Waals surface area contributed by atoms with Gasteiger partial charge in [-0.05, 0) is 18.2 Å². The van der Waals surface area contributed by atoms with Gasteiger partial charge in [-0.25, -0.2) is 4.68 Å². The van der Waals surface area contributed by atoms with Crippen molar-refractivity contribution >= 4 is 11.6 Å². The largest absolute Gasteiger partial charge is 0.324 e. The molecule has 1 amide bonds. The highest BCUT2D eigenvalue weighted by atomic mass is 16.2. The van der Waals surface area contributed by atoms with E-state index in [4.69, 9.17) is 0 Å². The van der Waals surface area contributed by atoms with Crippen molar-refractivity contribution in [1.29, 1.82) is 0 Å². The summed E-state index contributed by atoms with van der Waals surface area (Å²) in [6.07, 6.45) is 3.57. The highest BCUT2D eigenvalue weighted by Crippen LogP contribution is 2.20. The van der Waals surface area contributed by atoms with Crippen molar-refractivity contribution in [2.24, 2.45) is 5.92 Å². The zero-order valence-electron chi connectivity index (χ0n) is 9.84. The predicted molar refractivity (Wildman–Crippen MR) is 68.6 cm³/mol. The van der Waals surface area contributed by atoms with Crippen LogP contribution in [0.25, 0.3) is 5.69 Å². The summed E-state index contributed by atoms with van der Waals surface area (Å²) >= 11 is 0. The average Bonchev–Trinajstić information content (AvgIpc) is 2.80. The standard InChI is InChI=1S/C13H14N4O/c18-13(10-8-14-9-10)16-11-4-1-2-5-12(11)17-7-3-6-15-17/h1-7,10,14H,8-9H2,(H,16,18). The van der Waals surface area contributed by atoms with E-state index in [9.17, 15) is 4.79 Å². The van der Waals surface area contributed by atoms with Crippen molar-refractivity contribution in [2.75, 3.05) is 18.4 Å². The Balaban J connectivity index is 1.85. The Hall–Kier alpha value is -2.14. The maximum absolute atomic E-state index is 11.9. The molecule has 0 saturated carbocycles. The quantitative estimate of drug-likeness (QED) is 0.845. The molecule has 3 rings (SSSR count). The number of carbonyl (C=O) groups excluding carboxylic acids is 1. The number of anilines is 1. The molecule has 0 atom stereocenters. The molecule has 5 nitrogen and oxygen atoms in total. The number of carbonyl (C=O) groups is 1. The highest BCUT2D eigenvalue weighted by Gasteiger charge is 2.25. The Morgan fingerprint density at radius 1 is 1.33 bits per heavy atom. The Morgan fingerprint density at radius 2 is 2.17 bits per heavy atom. The van der Waals surface area contributed by atoms with E-state index in [1.54, 1.807) is 10.9 Å². The summed E-state index contributed by atoms with van der Waals surface area (Å²) in [5.74, 6) is 0.143. The van der Waals surface area contributed by atoms with Crippen LogP contribution < -0.4 is 10.6 Å². The van der Waals surface area contributed by atoms with Gasteiger partial charge in [0.1, 0.15) is 0 Å². The Morgan fingerprint density at radius 3 is 2.83 bits per heavy atom. The summed E-state index contributed by atoms with van der Waals surface area (Å²) in [4.78, 5) is 11.9. The molecule has 1 aliphatic heterocycles. The summed E-state index contributed by atoms with van der Waals surface area (Å²) < 4.78 is 1.74. The molecule has 5 heteroatoms. The molecule has 1 aliphatic rings. The number of nitrogens with one attached hydrogen (secondary N) is 2. The minimum Gasteiger partial charge on any atom is -0.324 e. The first-order valence-corrected chi connectivity index (χ1v) is 5.95. The number of para-hydroxylation sites is 2. The lowest BCUT2D eigenvalue weighted by Gasteiger charge is -2.26. The smallest absolute Gasteiger partial charge is 0.230 e. The second-order valence-electron chi connectivity index (χ2n) is 4.31. The summed E-state index contributed by atoms with van der Waals surface area (Å²) in [6, 6.07) is 9.51. The lowest BCUT2D eigenvalue weighted by molar-refractivity contribution is -0.121. The summed E-state index contributed by atoms with van der Waals surface area (Å²) in [5, 5.41) is 10.2. The van der Waals surface area contributed by atoms with Crippen LogP contribution in [0, 0.1) is 5.92 Å². The van der Waals surface area contributed by atoms with Crippen LogP contribution in [-0.4, -0.2) is 28.8 Å². The number of aromatic nitrogens is 2. The van der Waals surface area contributed by atoms with Crippen molar-refractivity contribution < 1.29 is 4.79 Å². The van der Waals surface area contributed by atoms with Crippen LogP contribution in [0.2, 0.25) is 0 Å². The molecule has 0 unspecified atom stereocenters. The summed E-state index contributed by atoms with van der Waals surface area (Å²) in [5.41, 5.74) is 1.67. The lowest BCUT2D eigenvalue weighted by Crippen LogP contribution is -2.48. The molecule has 2 aromatic rings. The fourth-order valence-corrected chi connectivity index (χ4v) is 1.90. The molecule has 1 saturated heterocycles. The van der Waals surface area contributed by atoms with Crippen LogP contribution >= 0.6 is 0 Å². The van der Waals surface area contributed by atoms with E-state index in [0.717, 1.165) is 24.5 Å². The molecule has 0 aliphatic carbocycles. The Kier molecular flexibility index (Phi) is 2.82. The van der Waals surface area contributed by atoms with Crippen molar-refractivity contribution in [3.8, 4) is 5.69 Å². The SMILES string of the molecule is O=C(Nc1ccccc1-n1cccn1)C1CNC1. The zero-order chi connectivity index (χ0) is 12.4. The molecule has 0 bridgehead atoms. The van der Waals surface area contributed by atoms with Gasteiger partial charge in [0, 0.05) is 25.5 Å². The first-order chi connectivity index (χ1) is 8.84. The van der Waals surface area contributed by atoms with Crippen LogP contribution in [0.4, 0.5) is 5.69 Å². The average molecular weight is 242 g/mol. The van der Waals surface area contributed by atoms with Gasteiger partial charge in [-0.3, -0.25) is 4.79 Å². The van der Waals surface area contributed by atoms with Crippen molar-refractivity contribution in [3.63, 3.8) is 0 Å². The molecule has 1 aromatic heterocycles. The molecule has 1 aromatic carbocycles. The number of hydrogen-bond donors (Lipinski definition) is 2. The molecule has 2 N–H and O–H groups in total. The summed E-state index contributed by atoms with van der Waals surface area (Å²) in [6.45, 7) is 1.52. The topological polar surface area (TPSA) is 59.0 Å². The number of amides is 1. The van der Waals surface area contributed by atoms with Crippen molar-refractivity contribution in [2.45, 2.75) is 0 Å². The molecular weight excluding hydrogens is 228 g/mol. The number of hydrogen-bond acceptors (Lipinski definition) is 3. The maximum Gasteiger partial charge on any atom is 0.230 e. The fraction of sp³-hybridized carbons (Fsp3) is 0.231. The van der Waals surface area contributed by atoms with E-state index < -0.39 is 0 Å². The number of benzene rings is 1. The minimum atomic E-state index is 0.0633. The van der Waals surface area contributed by atoms with Gasteiger partial charge in [0.25, 0.3) is 0 Å². The van der Waals surface area contributed by atoms with Crippen LogP contribution in [0.15, 0.2) is 42.7 Å². The Labute approximate surface area is 105 Å². The van der Waals surface area contributed by atoms with Gasteiger partial charge >= 0.3 is 0 Å². The van der Waals surface area contributed by atoms with Gasteiger partial charge < -0.3 is 10.6 Å². The first kappa shape index (κ1) is 11.0. The van der Waals surface area contributed by atoms with Gasteiger partial charge in [-0.1, -0.05) is 12.1 Å². The summed E-state index contributed by atoms with van der Waals surface area (Å²) in [7, 11) is 0. The predicted octanol–water partition coefficient (Wildman–Crippen LogP) is 1.03. The van der Waals surface area contributed by atoms with Gasteiger partial charge in [0.05, 0.1) is 17.3 Å². The van der Waals surface area contributed by atoms with E-state index in [0.29, 0.717) is 0 Å². The fourth-order valence-electron chi connectivity index (χ4n) is 1.90. The molecule has 0 spiro atoms. The zero-order valence-corrected chi connectivity index (χ0v) is 9.84. The Bertz CT molecular complexity index is 546. The normalized spacial score (nSPS) is 15.1. The van der Waals surface area contributed by atoms with E-state index in [1.165, 1.54) is 0 Å². The molecule has 1 fully saturated rings. The van der Waals surface area contributed by atoms with Crippen molar-refractivity contribution in [1.82, 2.24) is 15.1 Å². The second-order valence-corrected chi connectivity index (χ2v) is 4.31. The van der Waals surface area contributed by atoms with Gasteiger partial charge in [0.15, 0.2) is 0 Å². The molecule has 2 heterocycles. The van der Waals surface area contributed by atoms with Crippen molar-refractivity contribution in [3.05, 3.63) is 42.7 Å². The third-order valence-corrected chi connectivity index (χ3v) is 3.07. The van der Waals surface area contributed by atoms with Gasteiger partial charge in [0.2, 0.25) is 5.91 Å². The van der Waals surface area contributed by atoms with Crippen LogP contribution in [0.5, 0.6) is 0 Å². The number of rotatable bonds is 3. The lowest BCUT2D eigenvalue weighted by atomic mass is 10.0. The molecule has 0 radical (unpaired) electrons. The van der Waals surface area contributed by atoms with Crippen LogP contribution in [0.3, 0.4) is 0 Å². The van der Waals surface area contributed by atoms with E-state index in [2.05, 4.69) is 15.7 Å². The van der Waals surface area contributed by atoms with Crippen LogP contribution in [-0.2, 0) is 4.79 Å². The molecular formula is C13H14N4O. The van der Waals surface area contributed by atoms with E-state index in [1.807, 2.05) is 36.5 Å². The highest BCUT2D eigenvalue weighted by molar-refractivity contribution is 5.95. The van der Waals surface area contributed by atoms with E-state index in [-0.39, 0.29) is 11.8 Å².